The molecule has 2 aromatic rings. The fraction of sp³-hybridized carbons (Fsp3) is 0.188. The Morgan fingerprint density at radius 1 is 1.27 bits per heavy atom. The van der Waals surface area contributed by atoms with Gasteiger partial charge < -0.3 is 9.64 Å². The van der Waals surface area contributed by atoms with Crippen LogP contribution in [-0.4, -0.2) is 18.6 Å². The van der Waals surface area contributed by atoms with Crippen molar-refractivity contribution in [1.29, 1.82) is 0 Å². The molecule has 22 heavy (non-hydrogen) atoms. The van der Waals surface area contributed by atoms with Crippen molar-refractivity contribution in [1.82, 2.24) is 5.43 Å². The highest BCUT2D eigenvalue weighted by molar-refractivity contribution is 6.30. The summed E-state index contributed by atoms with van der Waals surface area (Å²) in [7, 11) is 0. The van der Waals surface area contributed by atoms with E-state index >= 15 is 0 Å². The molecule has 0 unspecified atom stereocenters. The highest BCUT2D eigenvalue weighted by Crippen LogP contribution is 2.34. The summed E-state index contributed by atoms with van der Waals surface area (Å²) < 4.78 is 5.72. The molecule has 5 nitrogen and oxygen atoms in total. The Morgan fingerprint density at radius 2 is 2.00 bits per heavy atom. The lowest BCUT2D eigenvalue weighted by Gasteiger charge is -2.35. The number of carbonyl (C=O) groups is 1. The molecule has 1 atom stereocenters. The summed E-state index contributed by atoms with van der Waals surface area (Å²) in [4.78, 5) is 13.9. The van der Waals surface area contributed by atoms with E-state index in [9.17, 15) is 4.79 Å². The molecule has 114 valence electrons. The zero-order chi connectivity index (χ0) is 15.5. The molecule has 0 bridgehead atoms. The number of hydrogen-bond donors (Lipinski definition) is 2. The second-order valence-electron chi connectivity index (χ2n) is 5.09. The first-order valence-electron chi connectivity index (χ1n) is 6.93. The summed E-state index contributed by atoms with van der Waals surface area (Å²) in [6, 6.07) is 15.3. The van der Waals surface area contributed by atoms with Crippen molar-refractivity contribution in [2.75, 3.05) is 11.4 Å². The monoisotopic (exact) mass is 317 g/mol. The highest BCUT2D eigenvalue weighted by Gasteiger charge is 2.30. The Morgan fingerprint density at radius 3 is 2.73 bits per heavy atom. The normalized spacial score (nSPS) is 16.6. The van der Waals surface area contributed by atoms with E-state index in [1.54, 1.807) is 0 Å². The summed E-state index contributed by atoms with van der Waals surface area (Å²) in [5.41, 5.74) is 4.21. The van der Waals surface area contributed by atoms with E-state index in [-0.39, 0.29) is 5.91 Å². The fourth-order valence-electron chi connectivity index (χ4n) is 2.50. The Balaban J connectivity index is 1.88. The minimum atomic E-state index is -0.632. The summed E-state index contributed by atoms with van der Waals surface area (Å²) in [6.45, 7) is 1.09. The number of nitrogens with zero attached hydrogens (tertiary/aromatic N) is 1. The molecule has 3 rings (SSSR count). The lowest BCUT2D eigenvalue weighted by Crippen LogP contribution is -2.50. The van der Waals surface area contributed by atoms with Crippen molar-refractivity contribution in [2.24, 2.45) is 5.84 Å². The second kappa shape index (κ2) is 6.25. The molecule has 0 fully saturated rings. The topological polar surface area (TPSA) is 67.6 Å². The molecule has 1 aliphatic heterocycles. The van der Waals surface area contributed by atoms with Gasteiger partial charge >= 0.3 is 0 Å². The van der Waals surface area contributed by atoms with Crippen LogP contribution in [0.2, 0.25) is 5.02 Å². The number of amides is 1. The number of hydrazine groups is 1. The fourth-order valence-corrected chi connectivity index (χ4v) is 2.62. The summed E-state index contributed by atoms with van der Waals surface area (Å²) in [5.74, 6) is 5.56. The van der Waals surface area contributed by atoms with Gasteiger partial charge in [-0.25, -0.2) is 5.84 Å². The quantitative estimate of drug-likeness (QED) is 0.517. The second-order valence-corrected chi connectivity index (χ2v) is 5.53. The third-order valence-electron chi connectivity index (χ3n) is 3.58. The number of para-hydroxylation sites is 2. The molecule has 1 amide bonds. The predicted molar refractivity (Wildman–Crippen MR) is 85.7 cm³/mol. The van der Waals surface area contributed by atoms with Crippen LogP contribution in [0.15, 0.2) is 48.5 Å². The third-order valence-corrected chi connectivity index (χ3v) is 3.83. The number of fused-ring (bicyclic) bond motifs is 1. The van der Waals surface area contributed by atoms with Crippen LogP contribution in [0.1, 0.15) is 5.56 Å². The van der Waals surface area contributed by atoms with Gasteiger partial charge in [0, 0.05) is 11.6 Å². The highest BCUT2D eigenvalue weighted by atomic mass is 35.5. The molecular weight excluding hydrogens is 302 g/mol. The molecular formula is C16H16ClN3O2. The molecule has 0 saturated carbocycles. The molecule has 3 N–H and O–H groups in total. The van der Waals surface area contributed by atoms with Crippen LogP contribution in [-0.2, 0) is 11.3 Å². The van der Waals surface area contributed by atoms with Gasteiger partial charge in [0.2, 0.25) is 0 Å². The number of hydrogen-bond acceptors (Lipinski definition) is 4. The van der Waals surface area contributed by atoms with E-state index in [1.807, 2.05) is 48.5 Å². The van der Waals surface area contributed by atoms with Crippen LogP contribution in [0, 0.1) is 0 Å². The average molecular weight is 318 g/mol. The van der Waals surface area contributed by atoms with E-state index < -0.39 is 6.10 Å². The molecule has 0 aromatic heterocycles. The molecule has 0 aliphatic carbocycles. The van der Waals surface area contributed by atoms with Gasteiger partial charge in [0.15, 0.2) is 6.10 Å². The molecule has 1 heterocycles. The summed E-state index contributed by atoms with van der Waals surface area (Å²) in [5, 5.41) is 0.700. The standard InChI is InChI=1S/C16H16ClN3O2/c17-12-7-5-11(6-8-12)9-20-10-15(16(21)19-18)22-14-4-2-1-3-13(14)20/h1-8,15H,9-10,18H2,(H,19,21)/t15-/m0/s1. The molecule has 0 saturated heterocycles. The first-order chi connectivity index (χ1) is 10.7. The maximum absolute atomic E-state index is 11.8. The zero-order valence-corrected chi connectivity index (χ0v) is 12.6. The van der Waals surface area contributed by atoms with Crippen molar-refractivity contribution >= 4 is 23.2 Å². The third kappa shape index (κ3) is 3.00. The summed E-state index contributed by atoms with van der Waals surface area (Å²) >= 11 is 5.92. The van der Waals surface area contributed by atoms with Gasteiger partial charge in [-0.05, 0) is 29.8 Å². The van der Waals surface area contributed by atoms with Gasteiger partial charge in [-0.15, -0.1) is 0 Å². The minimum absolute atomic E-state index is 0.337. The van der Waals surface area contributed by atoms with E-state index in [2.05, 4.69) is 10.3 Å². The van der Waals surface area contributed by atoms with Crippen molar-refractivity contribution in [3.63, 3.8) is 0 Å². The first-order valence-corrected chi connectivity index (χ1v) is 7.30. The predicted octanol–water partition coefficient (Wildman–Crippen LogP) is 2.10. The van der Waals surface area contributed by atoms with Gasteiger partial charge in [-0.3, -0.25) is 10.2 Å². The lowest BCUT2D eigenvalue weighted by atomic mass is 10.1. The number of carbonyl (C=O) groups excluding carboxylic acids is 1. The minimum Gasteiger partial charge on any atom is -0.476 e. The lowest BCUT2D eigenvalue weighted by molar-refractivity contribution is -0.127. The largest absolute Gasteiger partial charge is 0.476 e. The smallest absolute Gasteiger partial charge is 0.276 e. The SMILES string of the molecule is NNC(=O)[C@@H]1CN(Cc2ccc(Cl)cc2)c2ccccc2O1. The Labute approximate surface area is 133 Å². The van der Waals surface area contributed by atoms with Crippen LogP contribution in [0.5, 0.6) is 5.75 Å². The van der Waals surface area contributed by atoms with Crippen LogP contribution in [0.4, 0.5) is 5.69 Å². The van der Waals surface area contributed by atoms with Gasteiger partial charge in [0.1, 0.15) is 5.75 Å². The number of halogens is 1. The molecule has 2 aromatic carbocycles. The summed E-state index contributed by atoms with van der Waals surface area (Å²) in [6.07, 6.45) is -0.632. The van der Waals surface area contributed by atoms with Crippen molar-refractivity contribution < 1.29 is 9.53 Å². The van der Waals surface area contributed by atoms with Crippen LogP contribution >= 0.6 is 11.6 Å². The maximum Gasteiger partial charge on any atom is 0.276 e. The Bertz CT molecular complexity index is 675. The molecule has 6 heteroatoms. The number of ether oxygens (including phenoxy) is 1. The molecule has 1 aliphatic rings. The van der Waals surface area contributed by atoms with Crippen molar-refractivity contribution in [3.05, 3.63) is 59.1 Å². The molecule has 0 spiro atoms. The van der Waals surface area contributed by atoms with Crippen molar-refractivity contribution in [3.8, 4) is 5.75 Å². The number of nitrogens with two attached hydrogens (primary N) is 1. The zero-order valence-electron chi connectivity index (χ0n) is 11.8. The van der Waals surface area contributed by atoms with E-state index in [0.717, 1.165) is 11.3 Å². The van der Waals surface area contributed by atoms with E-state index in [4.69, 9.17) is 22.2 Å². The number of anilines is 1. The maximum atomic E-state index is 11.8. The van der Waals surface area contributed by atoms with E-state index in [0.29, 0.717) is 23.9 Å². The Hall–Kier alpha value is -2.24. The Kier molecular flexibility index (Phi) is 4.18. The molecule has 0 radical (unpaired) electrons. The van der Waals surface area contributed by atoms with Crippen LogP contribution in [0.3, 0.4) is 0 Å². The number of benzene rings is 2. The van der Waals surface area contributed by atoms with Gasteiger partial charge in [0.25, 0.3) is 5.91 Å². The first kappa shape index (κ1) is 14.7. The number of rotatable bonds is 3. The van der Waals surface area contributed by atoms with Gasteiger partial charge in [-0.2, -0.15) is 0 Å². The van der Waals surface area contributed by atoms with Gasteiger partial charge in [0.05, 0.1) is 12.2 Å². The van der Waals surface area contributed by atoms with Crippen LogP contribution < -0.4 is 20.9 Å². The van der Waals surface area contributed by atoms with Crippen LogP contribution in [0.25, 0.3) is 0 Å². The number of nitrogens with one attached hydrogen (secondary N) is 1. The average Bonchev–Trinajstić information content (AvgIpc) is 2.56. The van der Waals surface area contributed by atoms with E-state index in [1.165, 1.54) is 0 Å². The van der Waals surface area contributed by atoms with Gasteiger partial charge in [-0.1, -0.05) is 35.9 Å². The van der Waals surface area contributed by atoms with Crippen molar-refractivity contribution in [2.45, 2.75) is 12.6 Å².